The number of hydrogen-bond donors (Lipinski definition) is 1. The molecule has 31 heavy (non-hydrogen) atoms. The zero-order valence-electron chi connectivity index (χ0n) is 16.9. The number of alkyl halides is 1. The topological polar surface area (TPSA) is 93.0 Å². The summed E-state index contributed by atoms with van der Waals surface area (Å²) in [6.45, 7) is 0.719. The molecule has 4 rings (SSSR count). The second kappa shape index (κ2) is 9.46. The molecule has 160 valence electrons. The van der Waals surface area contributed by atoms with E-state index in [4.69, 9.17) is 0 Å². The van der Waals surface area contributed by atoms with Crippen molar-refractivity contribution in [1.29, 1.82) is 0 Å². The van der Waals surface area contributed by atoms with Gasteiger partial charge in [0.05, 0.1) is 31.7 Å². The maximum atomic E-state index is 14.1. The van der Waals surface area contributed by atoms with Crippen molar-refractivity contribution in [2.24, 2.45) is 0 Å². The Morgan fingerprint density at radius 3 is 2.71 bits per heavy atom. The molecule has 0 radical (unpaired) electrons. The fraction of sp³-hybridized carbons (Fsp3) is 0.318. The highest BCUT2D eigenvalue weighted by Gasteiger charge is 2.35. The van der Waals surface area contributed by atoms with Crippen LogP contribution in [0.5, 0.6) is 0 Å². The molecular weight excluding hydrogens is 399 g/mol. The molecule has 0 spiro atoms. The summed E-state index contributed by atoms with van der Waals surface area (Å²) in [5.41, 5.74) is 1.94. The number of nitrogens with zero attached hydrogens (tertiary/aromatic N) is 5. The van der Waals surface area contributed by atoms with Gasteiger partial charge in [-0.2, -0.15) is 0 Å². The van der Waals surface area contributed by atoms with Gasteiger partial charge in [-0.3, -0.25) is 14.6 Å². The normalized spacial score (nSPS) is 18.2. The minimum absolute atomic E-state index is 0.0584. The van der Waals surface area contributed by atoms with E-state index in [-0.39, 0.29) is 49.5 Å². The van der Waals surface area contributed by atoms with Crippen LogP contribution < -0.4 is 5.32 Å². The number of benzene rings is 1. The molecule has 2 unspecified atom stereocenters. The molecule has 1 saturated heterocycles. The van der Waals surface area contributed by atoms with Gasteiger partial charge in [-0.05, 0) is 17.2 Å². The van der Waals surface area contributed by atoms with E-state index in [0.717, 1.165) is 11.1 Å². The van der Waals surface area contributed by atoms with Gasteiger partial charge >= 0.3 is 0 Å². The lowest BCUT2D eigenvalue weighted by molar-refractivity contribution is -0.131. The SMILES string of the molecule is O=C(NCc1ccccc1)c1cn(CC2CC(F)CN2C(=O)Cc2cccnc2)nn1. The Balaban J connectivity index is 1.36. The Bertz CT molecular complexity index is 1030. The zero-order chi connectivity index (χ0) is 21.6. The van der Waals surface area contributed by atoms with E-state index in [1.165, 1.54) is 10.9 Å². The lowest BCUT2D eigenvalue weighted by Crippen LogP contribution is -2.39. The minimum Gasteiger partial charge on any atom is -0.347 e. The number of aromatic nitrogens is 4. The van der Waals surface area contributed by atoms with E-state index in [9.17, 15) is 14.0 Å². The first-order valence-corrected chi connectivity index (χ1v) is 10.1. The molecule has 0 bridgehead atoms. The first-order chi connectivity index (χ1) is 15.1. The second-order valence-electron chi connectivity index (χ2n) is 7.57. The van der Waals surface area contributed by atoms with E-state index < -0.39 is 6.17 Å². The molecule has 3 aromatic rings. The van der Waals surface area contributed by atoms with Crippen LogP contribution in [0.25, 0.3) is 0 Å². The Morgan fingerprint density at radius 2 is 1.94 bits per heavy atom. The van der Waals surface area contributed by atoms with Crippen LogP contribution in [-0.4, -0.2) is 55.5 Å². The summed E-state index contributed by atoms with van der Waals surface area (Å²) < 4.78 is 15.6. The van der Waals surface area contributed by atoms with Crippen molar-refractivity contribution in [3.05, 3.63) is 77.9 Å². The van der Waals surface area contributed by atoms with Crippen molar-refractivity contribution in [3.8, 4) is 0 Å². The number of pyridine rings is 1. The van der Waals surface area contributed by atoms with Crippen molar-refractivity contribution < 1.29 is 14.0 Å². The summed E-state index contributed by atoms with van der Waals surface area (Å²) in [4.78, 5) is 30.6. The predicted octanol–water partition coefficient (Wildman–Crippen LogP) is 1.78. The largest absolute Gasteiger partial charge is 0.347 e. The molecule has 1 N–H and O–H groups in total. The van der Waals surface area contributed by atoms with Crippen LogP contribution in [0, 0.1) is 0 Å². The highest BCUT2D eigenvalue weighted by Crippen LogP contribution is 2.23. The predicted molar refractivity (Wildman–Crippen MR) is 111 cm³/mol. The lowest BCUT2D eigenvalue weighted by atomic mass is 10.1. The second-order valence-corrected chi connectivity index (χ2v) is 7.57. The minimum atomic E-state index is -1.08. The summed E-state index contributed by atoms with van der Waals surface area (Å²) in [6, 6.07) is 12.8. The van der Waals surface area contributed by atoms with Gasteiger partial charge in [-0.15, -0.1) is 5.10 Å². The van der Waals surface area contributed by atoms with E-state index >= 15 is 0 Å². The number of carbonyl (C=O) groups is 2. The maximum Gasteiger partial charge on any atom is 0.273 e. The smallest absolute Gasteiger partial charge is 0.273 e. The van der Waals surface area contributed by atoms with Crippen molar-refractivity contribution >= 4 is 11.8 Å². The lowest BCUT2D eigenvalue weighted by Gasteiger charge is -2.24. The van der Waals surface area contributed by atoms with Gasteiger partial charge in [-0.25, -0.2) is 9.07 Å². The van der Waals surface area contributed by atoms with Gasteiger partial charge in [0.15, 0.2) is 5.69 Å². The molecular formula is C22H23FN6O2. The summed E-state index contributed by atoms with van der Waals surface area (Å²) in [7, 11) is 0. The van der Waals surface area contributed by atoms with E-state index in [1.807, 2.05) is 36.4 Å². The molecule has 2 aromatic heterocycles. The first-order valence-electron chi connectivity index (χ1n) is 10.1. The third kappa shape index (κ3) is 5.30. The Morgan fingerprint density at radius 1 is 1.13 bits per heavy atom. The number of hydrogen-bond acceptors (Lipinski definition) is 5. The van der Waals surface area contributed by atoms with E-state index in [0.29, 0.717) is 6.54 Å². The monoisotopic (exact) mass is 422 g/mol. The third-order valence-electron chi connectivity index (χ3n) is 5.23. The Kier molecular flexibility index (Phi) is 6.30. The van der Waals surface area contributed by atoms with Crippen molar-refractivity contribution in [3.63, 3.8) is 0 Å². The number of likely N-dealkylation sites (tertiary alicyclic amines) is 1. The van der Waals surface area contributed by atoms with Crippen LogP contribution in [0.15, 0.2) is 61.1 Å². The number of carbonyl (C=O) groups excluding carboxylic acids is 2. The molecule has 1 fully saturated rings. The molecule has 1 aliphatic heterocycles. The van der Waals surface area contributed by atoms with Gasteiger partial charge in [-0.1, -0.05) is 41.6 Å². The zero-order valence-corrected chi connectivity index (χ0v) is 16.9. The fourth-order valence-electron chi connectivity index (χ4n) is 3.69. The molecule has 8 nitrogen and oxygen atoms in total. The quantitative estimate of drug-likeness (QED) is 0.627. The molecule has 2 amide bonds. The molecule has 0 saturated carbocycles. The van der Waals surface area contributed by atoms with Gasteiger partial charge in [0, 0.05) is 25.4 Å². The first kappa shape index (κ1) is 20.6. The van der Waals surface area contributed by atoms with Crippen LogP contribution in [0.1, 0.15) is 28.0 Å². The van der Waals surface area contributed by atoms with Crippen molar-refractivity contribution in [1.82, 2.24) is 30.2 Å². The van der Waals surface area contributed by atoms with Crippen molar-refractivity contribution in [2.45, 2.75) is 38.1 Å². The molecule has 1 aliphatic rings. The van der Waals surface area contributed by atoms with E-state index in [2.05, 4.69) is 20.6 Å². The van der Waals surface area contributed by atoms with Gasteiger partial charge < -0.3 is 10.2 Å². The Labute approximate surface area is 179 Å². The van der Waals surface area contributed by atoms with Crippen LogP contribution in [0.4, 0.5) is 4.39 Å². The number of amides is 2. The maximum absolute atomic E-state index is 14.1. The number of nitrogens with one attached hydrogen (secondary N) is 1. The standard InChI is InChI=1S/C22H23FN6O2/c23-18-10-19(29(13-18)21(30)9-17-7-4-8-24-11-17)14-28-15-20(26-27-28)22(31)25-12-16-5-2-1-3-6-16/h1-8,11,15,18-19H,9-10,12-14H2,(H,25,31). The van der Waals surface area contributed by atoms with E-state index in [1.54, 1.807) is 23.4 Å². The van der Waals surface area contributed by atoms with Crippen LogP contribution in [0.3, 0.4) is 0 Å². The summed E-state index contributed by atoms with van der Waals surface area (Å²) in [5, 5.41) is 10.7. The van der Waals surface area contributed by atoms with Gasteiger partial charge in [0.25, 0.3) is 5.91 Å². The Hall–Kier alpha value is -3.62. The number of halogens is 1. The molecule has 1 aromatic carbocycles. The fourth-order valence-corrected chi connectivity index (χ4v) is 3.69. The summed E-state index contributed by atoms with van der Waals surface area (Å²) in [6.07, 6.45) is 4.11. The number of rotatable bonds is 7. The van der Waals surface area contributed by atoms with Crippen LogP contribution in [0.2, 0.25) is 0 Å². The van der Waals surface area contributed by atoms with Gasteiger partial charge in [0.2, 0.25) is 5.91 Å². The summed E-state index contributed by atoms with van der Waals surface area (Å²) >= 11 is 0. The highest BCUT2D eigenvalue weighted by atomic mass is 19.1. The van der Waals surface area contributed by atoms with Crippen molar-refractivity contribution in [2.75, 3.05) is 6.54 Å². The van der Waals surface area contributed by atoms with Crippen LogP contribution in [-0.2, 0) is 24.3 Å². The average Bonchev–Trinajstić information content (AvgIpc) is 3.40. The molecule has 0 aliphatic carbocycles. The summed E-state index contributed by atoms with van der Waals surface area (Å²) in [5.74, 6) is -0.492. The molecule has 9 heteroatoms. The van der Waals surface area contributed by atoms with Crippen LogP contribution >= 0.6 is 0 Å². The van der Waals surface area contributed by atoms with Gasteiger partial charge in [0.1, 0.15) is 6.17 Å². The average molecular weight is 422 g/mol. The molecule has 2 atom stereocenters. The highest BCUT2D eigenvalue weighted by molar-refractivity contribution is 5.91. The third-order valence-corrected chi connectivity index (χ3v) is 5.23. The molecule has 3 heterocycles.